The van der Waals surface area contributed by atoms with Crippen LogP contribution in [0.25, 0.3) is 105 Å². The molecular weight excluding hydrogens is 755 g/mol. The van der Waals surface area contributed by atoms with Crippen molar-refractivity contribution in [1.82, 2.24) is 24.5 Å². The lowest BCUT2D eigenvalue weighted by atomic mass is 9.91. The minimum atomic E-state index is 0.716. The highest BCUT2D eigenvalue weighted by molar-refractivity contribution is 6.15. The Kier molecular flexibility index (Phi) is 8.49. The zero-order valence-electron chi connectivity index (χ0n) is 33.7. The molecule has 0 aliphatic heterocycles. The molecule has 0 bridgehead atoms. The molecule has 4 heterocycles. The predicted octanol–water partition coefficient (Wildman–Crippen LogP) is 14.1. The van der Waals surface area contributed by atoms with Gasteiger partial charge in [-0.25, -0.2) is 15.0 Å². The van der Waals surface area contributed by atoms with Crippen LogP contribution in [-0.2, 0) is 6.42 Å². The molecule has 0 aliphatic carbocycles. The summed E-state index contributed by atoms with van der Waals surface area (Å²) in [7, 11) is 0. The smallest absolute Gasteiger partial charge is 0.160 e. The second-order valence-corrected chi connectivity index (χ2v) is 15.8. The maximum absolute atomic E-state index is 5.33. The van der Waals surface area contributed by atoms with Crippen molar-refractivity contribution in [2.75, 3.05) is 0 Å². The number of pyridine rings is 2. The van der Waals surface area contributed by atoms with Gasteiger partial charge in [-0.05, 0) is 93.5 Å². The van der Waals surface area contributed by atoms with Gasteiger partial charge in [-0.2, -0.15) is 0 Å². The van der Waals surface area contributed by atoms with Crippen molar-refractivity contribution < 1.29 is 0 Å². The van der Waals surface area contributed by atoms with Crippen LogP contribution in [0.5, 0.6) is 0 Å². The fourth-order valence-corrected chi connectivity index (χ4v) is 9.18. The minimum Gasteiger partial charge on any atom is -0.294 e. The molecule has 5 nitrogen and oxygen atoms in total. The van der Waals surface area contributed by atoms with Gasteiger partial charge in [-0.3, -0.25) is 9.55 Å². The Morgan fingerprint density at radius 2 is 1.05 bits per heavy atom. The normalized spacial score (nSPS) is 11.6. The molecule has 12 aromatic rings. The van der Waals surface area contributed by atoms with Crippen LogP contribution in [0.1, 0.15) is 11.1 Å². The lowest BCUT2D eigenvalue weighted by Gasteiger charge is -2.16. The molecule has 0 saturated heterocycles. The third kappa shape index (κ3) is 6.10. The summed E-state index contributed by atoms with van der Waals surface area (Å²) in [4.78, 5) is 20.7. The van der Waals surface area contributed by atoms with Crippen molar-refractivity contribution in [2.45, 2.75) is 6.42 Å². The molecule has 62 heavy (non-hydrogen) atoms. The van der Waals surface area contributed by atoms with Crippen molar-refractivity contribution in [2.24, 2.45) is 0 Å². The van der Waals surface area contributed by atoms with Crippen LogP contribution >= 0.6 is 0 Å². The van der Waals surface area contributed by atoms with Crippen LogP contribution in [0.3, 0.4) is 0 Å². The SMILES string of the molecule is c1ccc(Cc2cc3nc(-c4ccccc4)nc(-c4ccccc4)c3c3cc(-c4ccc5c(c4)c4ccccc4n5-c4cc(-c5ccccc5)c5ncccc5n4)ccc23)cc1. The summed E-state index contributed by atoms with van der Waals surface area (Å²) in [6.07, 6.45) is 2.63. The first-order valence-corrected chi connectivity index (χ1v) is 21.0. The van der Waals surface area contributed by atoms with E-state index >= 15 is 0 Å². The summed E-state index contributed by atoms with van der Waals surface area (Å²) in [5, 5.41) is 5.71. The molecule has 290 valence electrons. The fraction of sp³-hybridized carbons (Fsp3) is 0.0175. The van der Waals surface area contributed by atoms with Gasteiger partial charge in [0.1, 0.15) is 5.82 Å². The molecule has 0 radical (unpaired) electrons. The second-order valence-electron chi connectivity index (χ2n) is 15.8. The Bertz CT molecular complexity index is 3640. The maximum atomic E-state index is 5.33. The van der Waals surface area contributed by atoms with E-state index < -0.39 is 0 Å². The van der Waals surface area contributed by atoms with E-state index in [1.165, 1.54) is 21.9 Å². The van der Waals surface area contributed by atoms with Crippen LogP contribution < -0.4 is 0 Å². The Morgan fingerprint density at radius 1 is 0.403 bits per heavy atom. The third-order valence-corrected chi connectivity index (χ3v) is 12.1. The Balaban J connectivity index is 1.08. The summed E-state index contributed by atoms with van der Waals surface area (Å²) < 4.78 is 2.30. The molecule has 4 aromatic heterocycles. The summed E-state index contributed by atoms with van der Waals surface area (Å²) in [6, 6.07) is 72.9. The number of fused-ring (bicyclic) bond motifs is 7. The number of hydrogen-bond acceptors (Lipinski definition) is 4. The highest BCUT2D eigenvalue weighted by Crippen LogP contribution is 2.41. The number of rotatable bonds is 7. The first-order chi connectivity index (χ1) is 30.7. The number of benzene rings is 8. The van der Waals surface area contributed by atoms with E-state index in [0.29, 0.717) is 5.82 Å². The topological polar surface area (TPSA) is 56.5 Å². The molecule has 0 spiro atoms. The highest BCUT2D eigenvalue weighted by Gasteiger charge is 2.20. The lowest BCUT2D eigenvalue weighted by molar-refractivity contribution is 1.10. The Labute approximate surface area is 358 Å². The van der Waals surface area contributed by atoms with Gasteiger partial charge in [0.25, 0.3) is 0 Å². The average molecular weight is 792 g/mol. The summed E-state index contributed by atoms with van der Waals surface area (Å²) in [5.74, 6) is 1.57. The summed E-state index contributed by atoms with van der Waals surface area (Å²) in [6.45, 7) is 0. The highest BCUT2D eigenvalue weighted by atomic mass is 15.1. The van der Waals surface area contributed by atoms with Gasteiger partial charge in [0.05, 0.1) is 33.3 Å². The molecular formula is C57H37N5. The van der Waals surface area contributed by atoms with Gasteiger partial charge in [0.2, 0.25) is 0 Å². The standard InChI is InChI=1S/C57H37N5/c1-5-16-37(17-6-1)32-43-35-50-54(55(39-20-9-3-10-21-39)61-57(60-50)40-22-11-4-12-23-40)48-34-41(27-29-44(43)48)42-28-30-52-47(33-42)45-24-13-14-26-51(45)62(52)53-36-46(38-18-7-2-8-19-38)56-49(59-53)25-15-31-58-56/h1-31,33-36H,32H2. The molecule has 0 N–H and O–H groups in total. The van der Waals surface area contributed by atoms with Crippen molar-refractivity contribution in [3.05, 3.63) is 224 Å². The average Bonchev–Trinajstić information content (AvgIpc) is 3.68. The van der Waals surface area contributed by atoms with E-state index in [1.807, 2.05) is 36.5 Å². The monoisotopic (exact) mass is 791 g/mol. The molecule has 8 aromatic carbocycles. The number of para-hydroxylation sites is 1. The van der Waals surface area contributed by atoms with Crippen LogP contribution in [0.2, 0.25) is 0 Å². The van der Waals surface area contributed by atoms with Crippen molar-refractivity contribution in [1.29, 1.82) is 0 Å². The molecule has 5 heteroatoms. The quantitative estimate of drug-likeness (QED) is 0.151. The van der Waals surface area contributed by atoms with Gasteiger partial charge in [-0.1, -0.05) is 158 Å². The number of aromatic nitrogens is 5. The molecule has 0 amide bonds. The van der Waals surface area contributed by atoms with Crippen LogP contribution in [0.4, 0.5) is 0 Å². The lowest BCUT2D eigenvalue weighted by Crippen LogP contribution is -2.00. The molecule has 0 saturated carbocycles. The first kappa shape index (κ1) is 35.6. The second kappa shape index (κ2) is 14.8. The molecule has 0 aliphatic rings. The van der Waals surface area contributed by atoms with E-state index in [9.17, 15) is 0 Å². The van der Waals surface area contributed by atoms with Gasteiger partial charge < -0.3 is 0 Å². The predicted molar refractivity (Wildman–Crippen MR) is 255 cm³/mol. The van der Waals surface area contributed by atoms with E-state index in [4.69, 9.17) is 19.9 Å². The fourth-order valence-electron chi connectivity index (χ4n) is 9.18. The maximum Gasteiger partial charge on any atom is 0.160 e. The van der Waals surface area contributed by atoms with Gasteiger partial charge in [0, 0.05) is 39.0 Å². The van der Waals surface area contributed by atoms with Crippen LogP contribution in [0, 0.1) is 0 Å². The first-order valence-electron chi connectivity index (χ1n) is 21.0. The van der Waals surface area contributed by atoms with E-state index in [-0.39, 0.29) is 0 Å². The van der Waals surface area contributed by atoms with E-state index in [1.54, 1.807) is 0 Å². The van der Waals surface area contributed by atoms with Gasteiger partial charge >= 0.3 is 0 Å². The van der Waals surface area contributed by atoms with Crippen LogP contribution in [-0.4, -0.2) is 24.5 Å². The zero-order chi connectivity index (χ0) is 41.0. The van der Waals surface area contributed by atoms with Crippen molar-refractivity contribution in [3.63, 3.8) is 0 Å². The summed E-state index contributed by atoms with van der Waals surface area (Å²) >= 11 is 0. The molecule has 0 atom stereocenters. The largest absolute Gasteiger partial charge is 0.294 e. The van der Waals surface area contributed by atoms with E-state index in [0.717, 1.165) is 95.1 Å². The number of nitrogens with zero attached hydrogens (tertiary/aromatic N) is 5. The van der Waals surface area contributed by atoms with Crippen molar-refractivity contribution >= 4 is 54.5 Å². The van der Waals surface area contributed by atoms with Crippen molar-refractivity contribution in [3.8, 4) is 50.7 Å². The van der Waals surface area contributed by atoms with Crippen LogP contribution in [0.15, 0.2) is 212 Å². The van der Waals surface area contributed by atoms with E-state index in [2.05, 4.69) is 180 Å². The Hall–Kier alpha value is -8.28. The molecule has 12 rings (SSSR count). The zero-order valence-corrected chi connectivity index (χ0v) is 33.7. The molecule has 0 fully saturated rings. The minimum absolute atomic E-state index is 0.716. The molecule has 0 unspecified atom stereocenters. The summed E-state index contributed by atoms with van der Waals surface area (Å²) in [5.41, 5.74) is 14.7. The Morgan fingerprint density at radius 3 is 1.82 bits per heavy atom. The third-order valence-electron chi connectivity index (χ3n) is 12.1. The number of hydrogen-bond donors (Lipinski definition) is 0. The van der Waals surface area contributed by atoms with Gasteiger partial charge in [-0.15, -0.1) is 0 Å². The van der Waals surface area contributed by atoms with Gasteiger partial charge in [0.15, 0.2) is 5.82 Å².